The molecule has 0 unspecified atom stereocenters. The molecule has 0 spiro atoms. The summed E-state index contributed by atoms with van der Waals surface area (Å²) in [6.45, 7) is 2.95. The first-order valence-corrected chi connectivity index (χ1v) is 9.82. The van der Waals surface area contributed by atoms with Crippen molar-refractivity contribution in [2.75, 3.05) is 25.6 Å². The number of rotatable bonds is 9. The van der Waals surface area contributed by atoms with Crippen LogP contribution in [-0.4, -0.2) is 41.0 Å². The monoisotopic (exact) mass is 430 g/mol. The highest BCUT2D eigenvalue weighted by molar-refractivity contribution is 7.71. The minimum absolute atomic E-state index is 0.109. The fourth-order valence-electron chi connectivity index (χ4n) is 2.82. The highest BCUT2D eigenvalue weighted by Gasteiger charge is 2.12. The summed E-state index contributed by atoms with van der Waals surface area (Å²) in [5.74, 6) is -0.0445. The molecule has 0 aliphatic heterocycles. The van der Waals surface area contributed by atoms with Gasteiger partial charge in [0.05, 0.1) is 6.61 Å². The van der Waals surface area contributed by atoms with E-state index in [1.54, 1.807) is 17.7 Å². The highest BCUT2D eigenvalue weighted by Crippen LogP contribution is 2.22. The van der Waals surface area contributed by atoms with Gasteiger partial charge in [-0.15, -0.1) is 0 Å². The molecule has 0 saturated carbocycles. The van der Waals surface area contributed by atoms with E-state index in [0.29, 0.717) is 29.4 Å². The fraction of sp³-hybridized carbons (Fsp3) is 0.286. The van der Waals surface area contributed by atoms with Gasteiger partial charge in [0, 0.05) is 37.4 Å². The zero-order valence-corrected chi connectivity index (χ0v) is 17.6. The third-order valence-electron chi connectivity index (χ3n) is 4.39. The lowest BCUT2D eigenvalue weighted by Crippen LogP contribution is -2.15. The van der Waals surface area contributed by atoms with E-state index in [1.165, 1.54) is 12.1 Å². The zero-order chi connectivity index (χ0) is 21.5. The van der Waals surface area contributed by atoms with Crippen molar-refractivity contribution in [3.05, 3.63) is 58.6 Å². The van der Waals surface area contributed by atoms with Crippen LogP contribution in [0.15, 0.2) is 42.5 Å². The van der Waals surface area contributed by atoms with E-state index in [2.05, 4.69) is 15.5 Å². The molecule has 9 heteroatoms. The summed E-state index contributed by atoms with van der Waals surface area (Å²) in [6.07, 6.45) is 0.153. The highest BCUT2D eigenvalue weighted by atomic mass is 32.1. The Labute approximate surface area is 178 Å². The van der Waals surface area contributed by atoms with Gasteiger partial charge in [-0.3, -0.25) is 14.5 Å². The Hall–Kier alpha value is -3.04. The average molecular weight is 431 g/mol. The van der Waals surface area contributed by atoms with E-state index in [0.717, 1.165) is 11.1 Å². The molecule has 0 bridgehead atoms. The quantitative estimate of drug-likeness (QED) is 0.394. The third-order valence-corrected chi connectivity index (χ3v) is 4.70. The van der Waals surface area contributed by atoms with E-state index < -0.39 is 5.82 Å². The van der Waals surface area contributed by atoms with Crippen LogP contribution in [0.3, 0.4) is 0 Å². The number of aromatic amines is 1. The van der Waals surface area contributed by atoms with E-state index in [9.17, 15) is 9.18 Å². The normalized spacial score (nSPS) is 10.8. The molecule has 2 aromatic carbocycles. The van der Waals surface area contributed by atoms with Gasteiger partial charge in [0.1, 0.15) is 6.61 Å². The first-order chi connectivity index (χ1) is 14.5. The number of ether oxygens (including phenoxy) is 2. The van der Waals surface area contributed by atoms with Crippen molar-refractivity contribution in [1.29, 1.82) is 0 Å². The number of methoxy groups -OCH3 is 1. The van der Waals surface area contributed by atoms with Crippen LogP contribution in [0.25, 0.3) is 11.4 Å². The van der Waals surface area contributed by atoms with E-state index >= 15 is 0 Å². The zero-order valence-electron chi connectivity index (χ0n) is 16.8. The summed E-state index contributed by atoms with van der Waals surface area (Å²) in [5.41, 5.74) is 2.40. The number of amides is 1. The van der Waals surface area contributed by atoms with Gasteiger partial charge in [0.25, 0.3) is 0 Å². The molecule has 0 aliphatic carbocycles. The lowest BCUT2D eigenvalue weighted by Gasteiger charge is -2.10. The number of hydrogen-bond donors (Lipinski definition) is 2. The summed E-state index contributed by atoms with van der Waals surface area (Å²) in [5, 5.41) is 9.73. The second-order valence-corrected chi connectivity index (χ2v) is 7.04. The molecule has 0 saturated heterocycles. The molecule has 0 aliphatic rings. The number of carbonyl (C=O) groups excluding carboxylic acids is 1. The second kappa shape index (κ2) is 10.1. The number of H-pyrrole nitrogens is 1. The fourth-order valence-corrected chi connectivity index (χ4v) is 3.04. The Morgan fingerprint density at radius 2 is 2.00 bits per heavy atom. The summed E-state index contributed by atoms with van der Waals surface area (Å²) in [7, 11) is 1.54. The van der Waals surface area contributed by atoms with Crippen LogP contribution in [0.2, 0.25) is 0 Å². The Morgan fingerprint density at radius 3 is 2.70 bits per heavy atom. The van der Waals surface area contributed by atoms with Gasteiger partial charge < -0.3 is 14.8 Å². The van der Waals surface area contributed by atoms with Crippen molar-refractivity contribution in [3.63, 3.8) is 0 Å². The molecule has 3 rings (SSSR count). The summed E-state index contributed by atoms with van der Waals surface area (Å²) >= 11 is 5.30. The summed E-state index contributed by atoms with van der Waals surface area (Å²) < 4.78 is 26.5. The van der Waals surface area contributed by atoms with Crippen molar-refractivity contribution in [2.45, 2.75) is 19.9 Å². The maximum absolute atomic E-state index is 14.1. The van der Waals surface area contributed by atoms with Gasteiger partial charge in [0.15, 0.2) is 22.2 Å². The Bertz CT molecular complexity index is 1060. The molecule has 0 fully saturated rings. The van der Waals surface area contributed by atoms with Crippen molar-refractivity contribution < 1.29 is 18.7 Å². The lowest BCUT2D eigenvalue weighted by atomic mass is 10.1. The number of aryl methyl sites for hydroxylation is 1. The van der Waals surface area contributed by atoms with E-state index in [-0.39, 0.29) is 24.7 Å². The molecule has 1 aromatic heterocycles. The molecule has 7 nitrogen and oxygen atoms in total. The van der Waals surface area contributed by atoms with Gasteiger partial charge in [-0.05, 0) is 31.3 Å². The molecule has 0 atom stereocenters. The van der Waals surface area contributed by atoms with Crippen LogP contribution in [0.4, 0.5) is 10.1 Å². The molecule has 1 heterocycles. The summed E-state index contributed by atoms with van der Waals surface area (Å²) in [4.78, 5) is 12.4. The predicted octanol–water partition coefficient (Wildman–Crippen LogP) is 4.11. The van der Waals surface area contributed by atoms with E-state index in [1.807, 2.05) is 31.2 Å². The predicted molar refractivity (Wildman–Crippen MR) is 115 cm³/mol. The first kappa shape index (κ1) is 21.7. The number of nitrogens with one attached hydrogen (secondary N) is 2. The molecular formula is C21H23FN4O3S. The topological polar surface area (TPSA) is 81.2 Å². The van der Waals surface area contributed by atoms with Crippen LogP contribution in [-0.2, 0) is 16.1 Å². The van der Waals surface area contributed by atoms with Gasteiger partial charge in [-0.2, -0.15) is 5.10 Å². The van der Waals surface area contributed by atoms with Crippen molar-refractivity contribution in [3.8, 4) is 17.1 Å². The number of nitrogens with zero attached hydrogens (tertiary/aromatic N) is 2. The first-order valence-electron chi connectivity index (χ1n) is 9.41. The van der Waals surface area contributed by atoms with Gasteiger partial charge in [-0.1, -0.05) is 29.8 Å². The van der Waals surface area contributed by atoms with Crippen LogP contribution < -0.4 is 10.1 Å². The van der Waals surface area contributed by atoms with Crippen LogP contribution in [0, 0.1) is 17.5 Å². The van der Waals surface area contributed by atoms with Crippen LogP contribution in [0.1, 0.15) is 12.0 Å². The molecule has 158 valence electrons. The minimum Gasteiger partial charge on any atom is -0.488 e. The number of benzene rings is 2. The van der Waals surface area contributed by atoms with Gasteiger partial charge >= 0.3 is 0 Å². The smallest absolute Gasteiger partial charge is 0.226 e. The number of anilines is 1. The number of hydrogen-bond acceptors (Lipinski definition) is 5. The molecular weight excluding hydrogens is 407 g/mol. The Morgan fingerprint density at radius 1 is 1.23 bits per heavy atom. The minimum atomic E-state index is -0.553. The maximum atomic E-state index is 14.1. The van der Waals surface area contributed by atoms with Gasteiger partial charge in [0.2, 0.25) is 5.91 Å². The third kappa shape index (κ3) is 5.52. The molecule has 2 N–H and O–H groups in total. The lowest BCUT2D eigenvalue weighted by molar-refractivity contribution is -0.116. The number of aromatic nitrogens is 3. The number of carbonyl (C=O) groups is 1. The van der Waals surface area contributed by atoms with E-state index in [4.69, 9.17) is 21.7 Å². The Kier molecular flexibility index (Phi) is 7.31. The number of halogens is 1. The largest absolute Gasteiger partial charge is 0.488 e. The van der Waals surface area contributed by atoms with Crippen molar-refractivity contribution in [1.82, 2.24) is 14.8 Å². The molecule has 30 heavy (non-hydrogen) atoms. The maximum Gasteiger partial charge on any atom is 0.226 e. The summed E-state index contributed by atoms with van der Waals surface area (Å²) in [6, 6.07) is 12.2. The standard InChI is InChI=1S/C21H23FN4O3S/c1-14-3-5-15(6-4-14)20-24-25-21(30)26(20)10-9-19(27)23-16-7-8-18(17(22)13-16)29-12-11-28-2/h3-8,13H,9-12H2,1-2H3,(H,23,27)(H,25,30). The molecule has 0 radical (unpaired) electrons. The average Bonchev–Trinajstić information content (AvgIpc) is 3.09. The molecule has 1 amide bonds. The van der Waals surface area contributed by atoms with Crippen LogP contribution >= 0.6 is 12.2 Å². The molecule has 3 aromatic rings. The van der Waals surface area contributed by atoms with Crippen molar-refractivity contribution in [2.24, 2.45) is 0 Å². The van der Waals surface area contributed by atoms with Crippen LogP contribution in [0.5, 0.6) is 5.75 Å². The second-order valence-electron chi connectivity index (χ2n) is 6.65. The SMILES string of the molecule is COCCOc1ccc(NC(=O)CCn2c(-c3ccc(C)cc3)n[nH]c2=S)cc1F. The van der Waals surface area contributed by atoms with Gasteiger partial charge in [-0.25, -0.2) is 4.39 Å². The van der Waals surface area contributed by atoms with Crippen molar-refractivity contribution >= 4 is 23.8 Å². The Balaban J connectivity index is 1.61.